The highest BCUT2D eigenvalue weighted by Gasteiger charge is 2.67. The van der Waals surface area contributed by atoms with Gasteiger partial charge in [-0.1, -0.05) is 18.3 Å². The molecule has 5 heteroatoms. The van der Waals surface area contributed by atoms with Crippen LogP contribution in [0.2, 0.25) is 0 Å². The van der Waals surface area contributed by atoms with Crippen LogP contribution in [0.4, 0.5) is 10.1 Å². The number of halogens is 1. The van der Waals surface area contributed by atoms with Crippen LogP contribution in [0.25, 0.3) is 0 Å². The van der Waals surface area contributed by atoms with Gasteiger partial charge in [0.2, 0.25) is 5.91 Å². The Bertz CT molecular complexity index is 631. The summed E-state index contributed by atoms with van der Waals surface area (Å²) in [5, 5.41) is 2.85. The first kappa shape index (κ1) is 13.2. The summed E-state index contributed by atoms with van der Waals surface area (Å²) in [4.78, 5) is 12.4. The van der Waals surface area contributed by atoms with Crippen LogP contribution in [0.3, 0.4) is 0 Å². The van der Waals surface area contributed by atoms with Crippen LogP contribution >= 0.6 is 12.2 Å². The summed E-state index contributed by atoms with van der Waals surface area (Å²) >= 11 is 4.89. The van der Waals surface area contributed by atoms with Crippen LogP contribution in [0.15, 0.2) is 18.2 Å². The van der Waals surface area contributed by atoms with E-state index in [1.807, 2.05) is 0 Å². The number of rotatable bonds is 3. The maximum Gasteiger partial charge on any atom is 0.228 e. The third-order valence-electron chi connectivity index (χ3n) is 5.56. The molecule has 1 aromatic carbocycles. The zero-order valence-corrected chi connectivity index (χ0v) is 12.3. The van der Waals surface area contributed by atoms with Crippen molar-refractivity contribution in [1.82, 2.24) is 0 Å². The molecule has 0 radical (unpaired) electrons. The number of thiocarbonyl (C=S) groups is 1. The van der Waals surface area contributed by atoms with E-state index in [4.69, 9.17) is 18.0 Å². The van der Waals surface area contributed by atoms with Gasteiger partial charge in [-0.25, -0.2) is 4.39 Å². The molecule has 0 heterocycles. The van der Waals surface area contributed by atoms with Crippen LogP contribution in [0.1, 0.15) is 24.8 Å². The molecule has 3 aliphatic rings. The van der Waals surface area contributed by atoms with E-state index in [0.29, 0.717) is 17.5 Å². The Morgan fingerprint density at radius 2 is 1.95 bits per heavy atom. The van der Waals surface area contributed by atoms with Gasteiger partial charge in [-0.2, -0.15) is 0 Å². The highest BCUT2D eigenvalue weighted by Crippen LogP contribution is 2.69. The third kappa shape index (κ3) is 1.90. The average molecular weight is 304 g/mol. The van der Waals surface area contributed by atoms with Crippen molar-refractivity contribution in [2.24, 2.45) is 35.3 Å². The first-order chi connectivity index (χ1) is 10.1. The first-order valence-corrected chi connectivity index (χ1v) is 7.88. The lowest BCUT2D eigenvalue weighted by Gasteiger charge is -2.13. The smallest absolute Gasteiger partial charge is 0.228 e. The second-order valence-electron chi connectivity index (χ2n) is 6.53. The van der Waals surface area contributed by atoms with Crippen LogP contribution in [0.5, 0.6) is 0 Å². The number of carbonyl (C=O) groups excluding carboxylic acids is 1. The summed E-state index contributed by atoms with van der Waals surface area (Å²) in [5.74, 6) is 2.22. The predicted molar refractivity (Wildman–Crippen MR) is 82.2 cm³/mol. The molecule has 3 saturated carbocycles. The van der Waals surface area contributed by atoms with E-state index in [-0.39, 0.29) is 22.4 Å². The Balaban J connectivity index is 1.54. The molecule has 3 fully saturated rings. The molecule has 1 aromatic rings. The normalized spacial score (nSPS) is 35.4. The predicted octanol–water partition coefficient (Wildman–Crippen LogP) is 2.69. The summed E-state index contributed by atoms with van der Waals surface area (Å²) in [6.45, 7) is 0. The third-order valence-corrected chi connectivity index (χ3v) is 5.76. The molecule has 21 heavy (non-hydrogen) atoms. The number of hydrogen-bond acceptors (Lipinski definition) is 2. The van der Waals surface area contributed by atoms with E-state index >= 15 is 0 Å². The molecule has 0 aromatic heterocycles. The van der Waals surface area contributed by atoms with Gasteiger partial charge in [0.05, 0.1) is 11.3 Å². The fourth-order valence-corrected chi connectivity index (χ4v) is 4.98. The van der Waals surface area contributed by atoms with Crippen molar-refractivity contribution >= 4 is 28.8 Å². The van der Waals surface area contributed by atoms with Crippen molar-refractivity contribution in [2.45, 2.75) is 19.3 Å². The zero-order valence-electron chi connectivity index (χ0n) is 11.5. The van der Waals surface area contributed by atoms with Crippen LogP contribution < -0.4 is 11.1 Å². The number of nitrogens with two attached hydrogens (primary N) is 1. The molecule has 2 bridgehead atoms. The van der Waals surface area contributed by atoms with E-state index in [1.165, 1.54) is 25.3 Å². The topological polar surface area (TPSA) is 55.1 Å². The Labute approximate surface area is 128 Å². The van der Waals surface area contributed by atoms with Gasteiger partial charge in [0.1, 0.15) is 10.8 Å². The Kier molecular flexibility index (Phi) is 2.83. The summed E-state index contributed by atoms with van der Waals surface area (Å²) < 4.78 is 13.8. The van der Waals surface area contributed by atoms with Crippen molar-refractivity contribution in [3.8, 4) is 0 Å². The lowest BCUT2D eigenvalue weighted by atomic mass is 10.0. The standard InChI is InChI=1S/C16H17FN2OS/c17-9-2-1-3-10(13(9)15(18)21)19-16(20)14-11-7-4-5-8(6-7)12(11)14/h1-3,7-8,11-12,14H,4-6H2,(H2,18,21)(H,19,20). The van der Waals surface area contributed by atoms with E-state index in [2.05, 4.69) is 5.32 Å². The van der Waals surface area contributed by atoms with Crippen molar-refractivity contribution in [1.29, 1.82) is 0 Å². The summed E-state index contributed by atoms with van der Waals surface area (Å²) in [5.41, 5.74) is 6.10. The summed E-state index contributed by atoms with van der Waals surface area (Å²) in [7, 11) is 0. The van der Waals surface area contributed by atoms with Crippen molar-refractivity contribution in [3.63, 3.8) is 0 Å². The van der Waals surface area contributed by atoms with E-state index in [1.54, 1.807) is 12.1 Å². The second kappa shape index (κ2) is 4.50. The minimum Gasteiger partial charge on any atom is -0.389 e. The van der Waals surface area contributed by atoms with Gasteiger partial charge in [0.15, 0.2) is 0 Å². The van der Waals surface area contributed by atoms with E-state index in [9.17, 15) is 9.18 Å². The summed E-state index contributed by atoms with van der Waals surface area (Å²) in [6, 6.07) is 4.52. The Morgan fingerprint density at radius 1 is 1.29 bits per heavy atom. The van der Waals surface area contributed by atoms with Crippen LogP contribution in [-0.2, 0) is 4.79 Å². The minimum absolute atomic E-state index is 0.00435. The molecule has 0 aliphatic heterocycles. The van der Waals surface area contributed by atoms with Gasteiger partial charge < -0.3 is 11.1 Å². The number of carbonyl (C=O) groups is 1. The lowest BCUT2D eigenvalue weighted by Crippen LogP contribution is -2.22. The van der Waals surface area contributed by atoms with Crippen molar-refractivity contribution in [2.75, 3.05) is 5.32 Å². The molecule has 1 amide bonds. The maximum atomic E-state index is 13.8. The van der Waals surface area contributed by atoms with Gasteiger partial charge in [-0.05, 0) is 55.1 Å². The molecule has 0 spiro atoms. The number of amides is 1. The molecule has 3 aliphatic carbocycles. The average Bonchev–Trinajstić information content (AvgIpc) is 2.87. The van der Waals surface area contributed by atoms with Gasteiger partial charge in [-0.3, -0.25) is 4.79 Å². The fourth-order valence-electron chi connectivity index (χ4n) is 4.77. The minimum atomic E-state index is -0.489. The van der Waals surface area contributed by atoms with Gasteiger partial charge in [0.25, 0.3) is 0 Å². The Morgan fingerprint density at radius 3 is 2.57 bits per heavy atom. The molecular weight excluding hydrogens is 287 g/mol. The SMILES string of the molecule is NC(=S)c1c(F)cccc1NC(=O)C1C2C3CCC(C3)C12. The van der Waals surface area contributed by atoms with Gasteiger partial charge >= 0.3 is 0 Å². The first-order valence-electron chi connectivity index (χ1n) is 7.47. The van der Waals surface area contributed by atoms with Crippen LogP contribution in [-0.4, -0.2) is 10.9 Å². The number of hydrogen-bond donors (Lipinski definition) is 2. The summed E-state index contributed by atoms with van der Waals surface area (Å²) in [6.07, 6.45) is 3.85. The van der Waals surface area contributed by atoms with E-state index < -0.39 is 5.82 Å². The quantitative estimate of drug-likeness (QED) is 0.844. The zero-order chi connectivity index (χ0) is 14.7. The second-order valence-corrected chi connectivity index (χ2v) is 6.97. The molecule has 0 saturated heterocycles. The highest BCUT2D eigenvalue weighted by molar-refractivity contribution is 7.80. The monoisotopic (exact) mass is 304 g/mol. The van der Waals surface area contributed by atoms with Crippen LogP contribution in [0, 0.1) is 35.4 Å². The lowest BCUT2D eigenvalue weighted by molar-refractivity contribution is -0.118. The van der Waals surface area contributed by atoms with E-state index in [0.717, 1.165) is 11.8 Å². The molecule has 3 nitrogen and oxygen atoms in total. The molecule has 110 valence electrons. The number of benzene rings is 1. The molecule has 3 N–H and O–H groups in total. The Hall–Kier alpha value is -1.49. The molecule has 4 rings (SSSR count). The van der Waals surface area contributed by atoms with Crippen molar-refractivity contribution < 1.29 is 9.18 Å². The maximum absolute atomic E-state index is 13.8. The largest absolute Gasteiger partial charge is 0.389 e. The number of fused-ring (bicyclic) bond motifs is 5. The highest BCUT2D eigenvalue weighted by atomic mass is 32.1. The van der Waals surface area contributed by atoms with Gasteiger partial charge in [-0.15, -0.1) is 0 Å². The van der Waals surface area contributed by atoms with Crippen molar-refractivity contribution in [3.05, 3.63) is 29.6 Å². The number of anilines is 1. The molecule has 4 atom stereocenters. The fraction of sp³-hybridized carbons (Fsp3) is 0.500. The van der Waals surface area contributed by atoms with Gasteiger partial charge in [0, 0.05) is 5.92 Å². The molecular formula is C16H17FN2OS. The molecule has 4 unspecified atom stereocenters. The number of nitrogens with one attached hydrogen (secondary N) is 1.